The van der Waals surface area contributed by atoms with Gasteiger partial charge < -0.3 is 13.9 Å². The SMILES string of the molecule is CC(C)(C)[Si](C)(C)OC[C@H]1O[C@H]2C=CC(=O)[C@@H]1O2. The van der Waals surface area contributed by atoms with Gasteiger partial charge >= 0.3 is 0 Å². The lowest BCUT2D eigenvalue weighted by atomic mass is 10.1. The highest BCUT2D eigenvalue weighted by Gasteiger charge is 2.44. The van der Waals surface area contributed by atoms with Crippen LogP contribution < -0.4 is 0 Å². The Hall–Kier alpha value is -0.493. The number of fused-ring (bicyclic) bond motifs is 2. The molecule has 0 aromatic carbocycles. The molecular weight excluding hydrogens is 248 g/mol. The normalized spacial score (nSPS) is 32.1. The summed E-state index contributed by atoms with van der Waals surface area (Å²) in [6, 6.07) is 0. The summed E-state index contributed by atoms with van der Waals surface area (Å²) in [5.41, 5.74) is 0. The molecule has 5 heteroatoms. The molecule has 0 unspecified atom stereocenters. The van der Waals surface area contributed by atoms with Crippen molar-refractivity contribution >= 4 is 14.1 Å². The molecule has 4 nitrogen and oxygen atoms in total. The van der Waals surface area contributed by atoms with Gasteiger partial charge in [0.15, 0.2) is 26.5 Å². The Labute approximate surface area is 109 Å². The van der Waals surface area contributed by atoms with Gasteiger partial charge in [-0.15, -0.1) is 0 Å². The Morgan fingerprint density at radius 1 is 1.33 bits per heavy atom. The smallest absolute Gasteiger partial charge is 0.192 e. The molecule has 102 valence electrons. The quantitative estimate of drug-likeness (QED) is 0.738. The molecule has 1 fully saturated rings. The average molecular weight is 270 g/mol. The van der Waals surface area contributed by atoms with Gasteiger partial charge in [-0.25, -0.2) is 0 Å². The van der Waals surface area contributed by atoms with Crippen molar-refractivity contribution in [3.8, 4) is 0 Å². The summed E-state index contributed by atoms with van der Waals surface area (Å²) in [7, 11) is -1.81. The predicted octanol–water partition coefficient (Wildman–Crippen LogP) is 2.26. The molecule has 0 aromatic rings. The van der Waals surface area contributed by atoms with E-state index in [1.54, 1.807) is 12.2 Å². The highest BCUT2D eigenvalue weighted by Crippen LogP contribution is 2.37. The number of hydrogen-bond donors (Lipinski definition) is 0. The maximum absolute atomic E-state index is 11.6. The largest absolute Gasteiger partial charge is 0.414 e. The molecule has 2 aliphatic rings. The van der Waals surface area contributed by atoms with Gasteiger partial charge in [-0.05, 0) is 30.3 Å². The summed E-state index contributed by atoms with van der Waals surface area (Å²) in [6.07, 6.45) is 2.08. The molecule has 0 aliphatic carbocycles. The van der Waals surface area contributed by atoms with E-state index >= 15 is 0 Å². The summed E-state index contributed by atoms with van der Waals surface area (Å²) in [5, 5.41) is 0.157. The first kappa shape index (κ1) is 13.9. The molecule has 3 atom stereocenters. The second-order valence-corrected chi connectivity index (χ2v) is 11.2. The van der Waals surface area contributed by atoms with Gasteiger partial charge in [0.1, 0.15) is 6.10 Å². The third-order valence-corrected chi connectivity index (χ3v) is 8.54. The lowest BCUT2D eigenvalue weighted by Gasteiger charge is -2.37. The van der Waals surface area contributed by atoms with E-state index in [2.05, 4.69) is 33.9 Å². The summed E-state index contributed by atoms with van der Waals surface area (Å²) in [5.74, 6) is -0.0208. The van der Waals surface area contributed by atoms with Crippen LogP contribution in [0.3, 0.4) is 0 Å². The van der Waals surface area contributed by atoms with E-state index in [9.17, 15) is 4.79 Å². The summed E-state index contributed by atoms with van der Waals surface area (Å²) in [4.78, 5) is 11.6. The van der Waals surface area contributed by atoms with E-state index in [0.29, 0.717) is 6.61 Å². The van der Waals surface area contributed by atoms with E-state index in [1.807, 2.05) is 0 Å². The minimum atomic E-state index is -1.81. The molecule has 0 saturated carbocycles. The van der Waals surface area contributed by atoms with Gasteiger partial charge in [0.2, 0.25) is 0 Å². The highest BCUT2D eigenvalue weighted by atomic mass is 28.4. The van der Waals surface area contributed by atoms with Crippen molar-refractivity contribution in [1.82, 2.24) is 0 Å². The van der Waals surface area contributed by atoms with Crippen LogP contribution >= 0.6 is 0 Å². The number of hydrogen-bond acceptors (Lipinski definition) is 4. The molecule has 0 amide bonds. The van der Waals surface area contributed by atoms with Gasteiger partial charge in [-0.1, -0.05) is 20.8 Å². The maximum atomic E-state index is 11.6. The zero-order valence-electron chi connectivity index (χ0n) is 11.7. The Morgan fingerprint density at radius 2 is 2.00 bits per heavy atom. The van der Waals surface area contributed by atoms with Gasteiger partial charge in [-0.2, -0.15) is 0 Å². The summed E-state index contributed by atoms with van der Waals surface area (Å²) < 4.78 is 17.2. The monoisotopic (exact) mass is 270 g/mol. The van der Waals surface area contributed by atoms with Crippen molar-refractivity contribution < 1.29 is 18.7 Å². The zero-order valence-corrected chi connectivity index (χ0v) is 12.7. The summed E-state index contributed by atoms with van der Waals surface area (Å²) in [6.45, 7) is 11.4. The van der Waals surface area contributed by atoms with Crippen molar-refractivity contribution in [1.29, 1.82) is 0 Å². The van der Waals surface area contributed by atoms with Crippen LogP contribution in [0.15, 0.2) is 12.2 Å². The standard InChI is InChI=1S/C13H22O4Si/c1-13(2,3)18(4,5)15-8-10-12-9(14)6-7-11(16-10)17-12/h6-7,10-12H,8H2,1-5H3/t10-,11-,12+/m1/s1. The van der Waals surface area contributed by atoms with E-state index in [-0.39, 0.29) is 23.2 Å². The first-order chi connectivity index (χ1) is 8.21. The third-order valence-electron chi connectivity index (χ3n) is 4.04. The average Bonchev–Trinajstić information content (AvgIpc) is 2.59. The number of ketones is 1. The fraction of sp³-hybridized carbons (Fsp3) is 0.769. The number of ether oxygens (including phenoxy) is 2. The van der Waals surface area contributed by atoms with Crippen LogP contribution in [0.25, 0.3) is 0 Å². The van der Waals surface area contributed by atoms with E-state index in [1.165, 1.54) is 0 Å². The first-order valence-electron chi connectivity index (χ1n) is 6.38. The second kappa shape index (κ2) is 4.56. The van der Waals surface area contributed by atoms with Crippen molar-refractivity contribution in [3.05, 3.63) is 12.2 Å². The van der Waals surface area contributed by atoms with Gasteiger partial charge in [0.25, 0.3) is 0 Å². The molecule has 18 heavy (non-hydrogen) atoms. The molecule has 0 radical (unpaired) electrons. The topological polar surface area (TPSA) is 44.8 Å². The molecule has 2 heterocycles. The molecule has 2 bridgehead atoms. The van der Waals surface area contributed by atoms with Crippen molar-refractivity contribution in [2.45, 2.75) is 57.4 Å². The molecule has 2 aliphatic heterocycles. The van der Waals surface area contributed by atoms with E-state index < -0.39 is 14.4 Å². The fourth-order valence-corrected chi connectivity index (χ4v) is 2.76. The Morgan fingerprint density at radius 3 is 2.61 bits per heavy atom. The van der Waals surface area contributed by atoms with Crippen LogP contribution in [0, 0.1) is 0 Å². The van der Waals surface area contributed by atoms with Gasteiger partial charge in [0.05, 0.1) is 6.61 Å². The van der Waals surface area contributed by atoms with E-state index in [4.69, 9.17) is 13.9 Å². The molecular formula is C13H22O4Si. The minimum Gasteiger partial charge on any atom is -0.414 e. The third kappa shape index (κ3) is 2.59. The number of carbonyl (C=O) groups excluding carboxylic acids is 1. The van der Waals surface area contributed by atoms with Crippen LogP contribution in [-0.4, -0.2) is 39.2 Å². The molecule has 0 aromatic heterocycles. The van der Waals surface area contributed by atoms with Crippen LogP contribution in [0.4, 0.5) is 0 Å². The first-order valence-corrected chi connectivity index (χ1v) is 9.28. The molecule has 2 rings (SSSR count). The minimum absolute atomic E-state index is 0.0208. The van der Waals surface area contributed by atoms with Crippen molar-refractivity contribution in [2.75, 3.05) is 6.61 Å². The Balaban J connectivity index is 1.95. The van der Waals surface area contributed by atoms with Crippen LogP contribution in [-0.2, 0) is 18.7 Å². The zero-order chi connectivity index (χ0) is 13.6. The molecule has 0 spiro atoms. The number of carbonyl (C=O) groups is 1. The predicted molar refractivity (Wildman–Crippen MR) is 70.8 cm³/mol. The second-order valence-electron chi connectivity index (χ2n) is 6.43. The van der Waals surface area contributed by atoms with Crippen LogP contribution in [0.5, 0.6) is 0 Å². The Bertz CT molecular complexity index is 370. The Kier molecular flexibility index (Phi) is 3.53. The van der Waals surface area contributed by atoms with Crippen molar-refractivity contribution in [2.24, 2.45) is 0 Å². The lowest BCUT2D eigenvalue weighted by molar-refractivity contribution is -0.126. The van der Waals surface area contributed by atoms with Gasteiger partial charge in [-0.3, -0.25) is 4.79 Å². The fourth-order valence-electron chi connectivity index (χ4n) is 1.75. The highest BCUT2D eigenvalue weighted by molar-refractivity contribution is 6.74. The van der Waals surface area contributed by atoms with E-state index in [0.717, 1.165) is 0 Å². The van der Waals surface area contributed by atoms with Gasteiger partial charge in [0, 0.05) is 0 Å². The summed E-state index contributed by atoms with van der Waals surface area (Å²) >= 11 is 0. The lowest BCUT2D eigenvalue weighted by Crippen LogP contribution is -2.44. The maximum Gasteiger partial charge on any atom is 0.192 e. The molecule has 1 saturated heterocycles. The molecule has 0 N–H and O–H groups in total. The van der Waals surface area contributed by atoms with Crippen molar-refractivity contribution in [3.63, 3.8) is 0 Å². The van der Waals surface area contributed by atoms with Crippen LogP contribution in [0.1, 0.15) is 20.8 Å². The number of rotatable bonds is 3. The van der Waals surface area contributed by atoms with Crippen LogP contribution in [0.2, 0.25) is 18.1 Å².